The maximum Gasteiger partial charge on any atom is 0.407 e. The lowest BCUT2D eigenvalue weighted by molar-refractivity contribution is -0.169. The number of carbonyl (C=O) groups is 5. The van der Waals surface area contributed by atoms with Crippen molar-refractivity contribution in [2.75, 3.05) is 32.9 Å². The molecule has 0 aliphatic rings. The van der Waals surface area contributed by atoms with Gasteiger partial charge in [-0.05, 0) is 48.5 Å². The third kappa shape index (κ3) is 16.2. The van der Waals surface area contributed by atoms with Gasteiger partial charge >= 0.3 is 30.1 Å². The first-order chi connectivity index (χ1) is 16.5. The summed E-state index contributed by atoms with van der Waals surface area (Å²) in [4.78, 5) is 59.9. The van der Waals surface area contributed by atoms with Crippen molar-refractivity contribution in [3.05, 3.63) is 0 Å². The number of ether oxygens (including phenoxy) is 5. The minimum atomic E-state index is -1.54. The maximum absolute atomic E-state index is 12.5. The Morgan fingerprint density at radius 1 is 0.694 bits per heavy atom. The molecule has 0 atom stereocenters. The monoisotopic (exact) mass is 514 g/mol. The lowest BCUT2D eigenvalue weighted by Crippen LogP contribution is -2.41. The van der Waals surface area contributed by atoms with E-state index in [4.69, 9.17) is 30.1 Å². The normalized spacial score (nSPS) is 11.4. The summed E-state index contributed by atoms with van der Waals surface area (Å²) in [6.45, 7) is 10.2. The minimum absolute atomic E-state index is 0.0500. The number of rotatable bonds is 12. The highest BCUT2D eigenvalue weighted by Gasteiger charge is 2.38. The lowest BCUT2D eigenvalue weighted by atomic mass is 9.93. The SMILES string of the molecule is C#CCOC(=O)C(C)(COC(=O)CCNC(=O)OC(C)(C)C)COC(=O)CCNC(=O)OC(C)(C)C. The van der Waals surface area contributed by atoms with E-state index >= 15 is 0 Å². The largest absolute Gasteiger partial charge is 0.464 e. The van der Waals surface area contributed by atoms with Gasteiger partial charge in [0.05, 0.1) is 12.8 Å². The molecule has 0 saturated heterocycles. The van der Waals surface area contributed by atoms with Crippen molar-refractivity contribution in [3.63, 3.8) is 0 Å². The molecular weight excluding hydrogens is 476 g/mol. The average molecular weight is 515 g/mol. The highest BCUT2D eigenvalue weighted by atomic mass is 16.6. The van der Waals surface area contributed by atoms with E-state index in [-0.39, 0.29) is 32.5 Å². The Balaban J connectivity index is 4.73. The first-order valence-corrected chi connectivity index (χ1v) is 11.3. The second-order valence-electron chi connectivity index (χ2n) is 10.0. The molecule has 12 nitrogen and oxygen atoms in total. The first kappa shape index (κ1) is 32.5. The van der Waals surface area contributed by atoms with Crippen LogP contribution in [0.1, 0.15) is 61.3 Å². The van der Waals surface area contributed by atoms with Crippen LogP contribution in [0.5, 0.6) is 0 Å². The molecule has 0 spiro atoms. The summed E-state index contributed by atoms with van der Waals surface area (Å²) in [6, 6.07) is 0. The van der Waals surface area contributed by atoms with Crippen molar-refractivity contribution in [1.29, 1.82) is 0 Å². The number of carbonyl (C=O) groups excluding carboxylic acids is 5. The van der Waals surface area contributed by atoms with Crippen LogP contribution in [0.15, 0.2) is 0 Å². The molecule has 0 rings (SSSR count). The molecule has 0 unspecified atom stereocenters. The molecule has 0 heterocycles. The summed E-state index contributed by atoms with van der Waals surface area (Å²) >= 11 is 0. The van der Waals surface area contributed by atoms with Gasteiger partial charge in [-0.3, -0.25) is 14.4 Å². The van der Waals surface area contributed by atoms with E-state index in [0.29, 0.717) is 0 Å². The van der Waals surface area contributed by atoms with Crippen molar-refractivity contribution in [2.45, 2.75) is 72.5 Å². The average Bonchev–Trinajstić information content (AvgIpc) is 2.72. The van der Waals surface area contributed by atoms with Crippen molar-refractivity contribution in [2.24, 2.45) is 5.41 Å². The molecule has 0 aromatic carbocycles. The van der Waals surface area contributed by atoms with Crippen molar-refractivity contribution < 1.29 is 47.7 Å². The zero-order chi connectivity index (χ0) is 28.0. The number of hydrogen-bond acceptors (Lipinski definition) is 10. The van der Waals surface area contributed by atoms with Gasteiger partial charge in [0, 0.05) is 13.1 Å². The molecule has 0 saturated carbocycles. The van der Waals surface area contributed by atoms with Gasteiger partial charge in [0.1, 0.15) is 29.8 Å². The van der Waals surface area contributed by atoms with Crippen molar-refractivity contribution in [3.8, 4) is 12.3 Å². The number of esters is 3. The number of nitrogens with one attached hydrogen (secondary N) is 2. The molecule has 12 heteroatoms. The zero-order valence-corrected chi connectivity index (χ0v) is 22.1. The van der Waals surface area contributed by atoms with E-state index in [0.717, 1.165) is 0 Å². The molecule has 0 aromatic rings. The van der Waals surface area contributed by atoms with Gasteiger partial charge in [-0.15, -0.1) is 6.42 Å². The molecule has 2 N–H and O–H groups in total. The highest BCUT2D eigenvalue weighted by Crippen LogP contribution is 2.21. The molecule has 0 aliphatic heterocycles. The van der Waals surface area contributed by atoms with Crippen molar-refractivity contribution in [1.82, 2.24) is 10.6 Å². The molecule has 0 aromatic heterocycles. The summed E-state index contributed by atoms with van der Waals surface area (Å²) < 4.78 is 25.3. The van der Waals surface area contributed by atoms with E-state index in [1.165, 1.54) is 6.92 Å². The van der Waals surface area contributed by atoms with Gasteiger partial charge in [-0.2, -0.15) is 0 Å². The van der Waals surface area contributed by atoms with Gasteiger partial charge in [-0.1, -0.05) is 5.92 Å². The fraction of sp³-hybridized carbons (Fsp3) is 0.708. The summed E-state index contributed by atoms with van der Waals surface area (Å²) in [5, 5.41) is 4.83. The standard InChI is InChI=1S/C24H38N2O10/c1-9-14-32-19(29)24(8,15-33-17(27)10-12-25-20(30)35-22(2,3)4)16-34-18(28)11-13-26-21(31)36-23(5,6)7/h1H,10-16H2,2-8H3,(H,25,30)(H,26,31). The van der Waals surface area contributed by atoms with Crippen LogP contribution in [0.25, 0.3) is 0 Å². The Morgan fingerprint density at radius 3 is 1.42 bits per heavy atom. The number of amides is 2. The van der Waals surface area contributed by atoms with Gasteiger partial charge in [0.15, 0.2) is 6.61 Å². The van der Waals surface area contributed by atoms with Gasteiger partial charge < -0.3 is 34.3 Å². The number of terminal acetylenes is 1. The van der Waals surface area contributed by atoms with E-state index in [2.05, 4.69) is 16.6 Å². The Kier molecular flexibility index (Phi) is 13.4. The second kappa shape index (κ2) is 14.8. The van der Waals surface area contributed by atoms with Gasteiger partial charge in [-0.25, -0.2) is 9.59 Å². The Labute approximate surface area is 212 Å². The summed E-state index contributed by atoms with van der Waals surface area (Å²) in [7, 11) is 0. The van der Waals surface area contributed by atoms with Crippen LogP contribution >= 0.6 is 0 Å². The number of alkyl carbamates (subject to hydrolysis) is 2. The van der Waals surface area contributed by atoms with E-state index < -0.39 is 59.9 Å². The Hall–Kier alpha value is -3.49. The van der Waals surface area contributed by atoms with E-state index in [1.54, 1.807) is 41.5 Å². The Bertz CT molecular complexity index is 768. The fourth-order valence-electron chi connectivity index (χ4n) is 2.23. The quantitative estimate of drug-likeness (QED) is 0.225. The smallest absolute Gasteiger partial charge is 0.407 e. The van der Waals surface area contributed by atoms with Crippen LogP contribution in [0.4, 0.5) is 9.59 Å². The summed E-state index contributed by atoms with van der Waals surface area (Å²) in [5.41, 5.74) is -2.91. The topological polar surface area (TPSA) is 156 Å². The van der Waals surface area contributed by atoms with Crippen LogP contribution in [-0.2, 0) is 38.1 Å². The molecule has 0 bridgehead atoms. The number of hydrogen-bond donors (Lipinski definition) is 2. The van der Waals surface area contributed by atoms with Crippen LogP contribution in [0.3, 0.4) is 0 Å². The fourth-order valence-corrected chi connectivity index (χ4v) is 2.23. The predicted molar refractivity (Wildman–Crippen MR) is 128 cm³/mol. The predicted octanol–water partition coefficient (Wildman–Crippen LogP) is 2.09. The van der Waals surface area contributed by atoms with Crippen LogP contribution in [0, 0.1) is 17.8 Å². The van der Waals surface area contributed by atoms with Crippen molar-refractivity contribution >= 4 is 30.1 Å². The van der Waals surface area contributed by atoms with Crippen LogP contribution in [0.2, 0.25) is 0 Å². The maximum atomic E-state index is 12.5. The van der Waals surface area contributed by atoms with Gasteiger partial charge in [0.25, 0.3) is 0 Å². The molecule has 204 valence electrons. The summed E-state index contributed by atoms with van der Waals surface area (Å²) in [6.07, 6.45) is 3.36. The van der Waals surface area contributed by atoms with Gasteiger partial charge in [0.2, 0.25) is 0 Å². The van der Waals surface area contributed by atoms with E-state index in [1.807, 2.05) is 0 Å². The van der Waals surface area contributed by atoms with Crippen LogP contribution < -0.4 is 10.6 Å². The molecule has 0 radical (unpaired) electrons. The highest BCUT2D eigenvalue weighted by molar-refractivity contribution is 5.79. The third-order valence-electron chi connectivity index (χ3n) is 3.88. The first-order valence-electron chi connectivity index (χ1n) is 11.3. The summed E-state index contributed by atoms with van der Waals surface area (Å²) in [5.74, 6) is -0.113. The van der Waals surface area contributed by atoms with E-state index in [9.17, 15) is 24.0 Å². The molecule has 36 heavy (non-hydrogen) atoms. The Morgan fingerprint density at radius 2 is 1.08 bits per heavy atom. The third-order valence-corrected chi connectivity index (χ3v) is 3.88. The lowest BCUT2D eigenvalue weighted by Gasteiger charge is -2.26. The van der Waals surface area contributed by atoms with Crippen LogP contribution in [-0.4, -0.2) is 74.2 Å². The minimum Gasteiger partial charge on any atom is -0.464 e. The molecule has 2 amide bonds. The molecule has 0 aliphatic carbocycles. The molecule has 0 fully saturated rings. The molecular formula is C24H38N2O10. The second-order valence-corrected chi connectivity index (χ2v) is 10.0. The zero-order valence-electron chi connectivity index (χ0n) is 22.1.